The minimum Gasteiger partial charge on any atom is -0.313 e. The van der Waals surface area contributed by atoms with Crippen molar-refractivity contribution in [1.29, 1.82) is 0 Å². The fraction of sp³-hybridized carbons (Fsp3) is 0.579. The van der Waals surface area contributed by atoms with Gasteiger partial charge in [0.25, 0.3) is 0 Å². The van der Waals surface area contributed by atoms with E-state index in [1.54, 1.807) is 0 Å². The minimum absolute atomic E-state index is 0.562. The van der Waals surface area contributed by atoms with Crippen LogP contribution < -0.4 is 0 Å². The van der Waals surface area contributed by atoms with Gasteiger partial charge in [-0.2, -0.15) is 0 Å². The lowest BCUT2D eigenvalue weighted by molar-refractivity contribution is 0.269. The molecular weight excluding hydrogens is 298 g/mol. The Morgan fingerprint density at radius 3 is 2.67 bits per heavy atom. The second-order valence-electron chi connectivity index (χ2n) is 7.02. The Morgan fingerprint density at radius 1 is 1.00 bits per heavy atom. The highest BCUT2D eigenvalue weighted by atomic mass is 15.3. The molecule has 0 bridgehead atoms. The maximum absolute atomic E-state index is 4.57. The van der Waals surface area contributed by atoms with Crippen molar-refractivity contribution in [3.05, 3.63) is 47.5 Å². The summed E-state index contributed by atoms with van der Waals surface area (Å²) in [5.41, 5.74) is 1.39. The third kappa shape index (κ3) is 3.23. The summed E-state index contributed by atoms with van der Waals surface area (Å²) in [6.45, 7) is 9.92. The van der Waals surface area contributed by atoms with Gasteiger partial charge in [-0.05, 0) is 25.1 Å². The molecular formula is C19H27N5. The predicted molar refractivity (Wildman–Crippen MR) is 94.9 cm³/mol. The zero-order valence-electron chi connectivity index (χ0n) is 14.6. The summed E-state index contributed by atoms with van der Waals surface area (Å²) in [5, 5.41) is 9.09. The van der Waals surface area contributed by atoms with Gasteiger partial charge in [-0.1, -0.05) is 37.3 Å². The smallest absolute Gasteiger partial charge is 0.137 e. The van der Waals surface area contributed by atoms with E-state index in [0.717, 1.165) is 45.7 Å². The lowest BCUT2D eigenvalue weighted by Gasteiger charge is -2.20. The number of aromatic nitrogens is 3. The summed E-state index contributed by atoms with van der Waals surface area (Å²) in [4.78, 5) is 5.06. The van der Waals surface area contributed by atoms with Gasteiger partial charge in [0.15, 0.2) is 0 Å². The van der Waals surface area contributed by atoms with E-state index in [1.165, 1.54) is 30.2 Å². The molecule has 1 aromatic carbocycles. The van der Waals surface area contributed by atoms with Gasteiger partial charge in [-0.3, -0.25) is 4.90 Å². The van der Waals surface area contributed by atoms with Gasteiger partial charge in [0.2, 0.25) is 0 Å². The molecule has 1 saturated heterocycles. The van der Waals surface area contributed by atoms with Gasteiger partial charge in [0.05, 0.1) is 0 Å². The normalized spacial score (nSPS) is 22.5. The van der Waals surface area contributed by atoms with E-state index >= 15 is 0 Å². The predicted octanol–water partition coefficient (Wildman–Crippen LogP) is 2.15. The molecule has 0 spiro atoms. The molecule has 0 N–H and O–H groups in total. The Kier molecular flexibility index (Phi) is 4.63. The summed E-state index contributed by atoms with van der Waals surface area (Å²) >= 11 is 0. The molecule has 1 atom stereocenters. The topological polar surface area (TPSA) is 37.2 Å². The monoisotopic (exact) mass is 325 g/mol. The third-order valence-corrected chi connectivity index (χ3v) is 5.48. The van der Waals surface area contributed by atoms with Crippen LogP contribution in [0.15, 0.2) is 30.3 Å². The van der Waals surface area contributed by atoms with E-state index in [4.69, 9.17) is 0 Å². The molecule has 4 rings (SSSR count). The van der Waals surface area contributed by atoms with E-state index in [-0.39, 0.29) is 0 Å². The zero-order chi connectivity index (χ0) is 16.4. The highest BCUT2D eigenvalue weighted by Crippen LogP contribution is 2.27. The second-order valence-corrected chi connectivity index (χ2v) is 7.02. The average molecular weight is 325 g/mol. The van der Waals surface area contributed by atoms with E-state index in [0.29, 0.717) is 5.92 Å². The molecule has 1 unspecified atom stereocenters. The van der Waals surface area contributed by atoms with Crippen molar-refractivity contribution in [2.24, 2.45) is 0 Å². The van der Waals surface area contributed by atoms with Crippen molar-refractivity contribution in [2.75, 3.05) is 32.7 Å². The number of hydrogen-bond acceptors (Lipinski definition) is 4. The molecule has 0 saturated carbocycles. The molecule has 0 radical (unpaired) electrons. The van der Waals surface area contributed by atoms with E-state index < -0.39 is 0 Å². The van der Waals surface area contributed by atoms with Gasteiger partial charge in [0.1, 0.15) is 11.6 Å². The molecule has 0 amide bonds. The fourth-order valence-corrected chi connectivity index (χ4v) is 4.02. The van der Waals surface area contributed by atoms with Crippen LogP contribution >= 0.6 is 0 Å². The van der Waals surface area contributed by atoms with Gasteiger partial charge < -0.3 is 9.47 Å². The SMILES string of the molecule is CCN1CCC(c2nnc3n2CCN(Cc2ccccc2)CC3)C1. The van der Waals surface area contributed by atoms with E-state index in [2.05, 4.69) is 61.8 Å². The molecule has 2 aromatic rings. The van der Waals surface area contributed by atoms with Gasteiger partial charge in [0, 0.05) is 45.1 Å². The first kappa shape index (κ1) is 15.8. The quantitative estimate of drug-likeness (QED) is 0.863. The van der Waals surface area contributed by atoms with Crippen molar-refractivity contribution in [3.8, 4) is 0 Å². The Balaban J connectivity index is 1.44. The molecule has 128 valence electrons. The fourth-order valence-electron chi connectivity index (χ4n) is 4.02. The molecule has 0 aliphatic carbocycles. The minimum atomic E-state index is 0.562. The lowest BCUT2D eigenvalue weighted by atomic mass is 10.1. The molecule has 5 heteroatoms. The summed E-state index contributed by atoms with van der Waals surface area (Å²) in [5.74, 6) is 2.96. The average Bonchev–Trinajstić information content (AvgIpc) is 3.20. The molecule has 24 heavy (non-hydrogen) atoms. The molecule has 2 aliphatic rings. The maximum atomic E-state index is 4.57. The van der Waals surface area contributed by atoms with Crippen LogP contribution in [-0.4, -0.2) is 57.3 Å². The van der Waals surface area contributed by atoms with Crippen molar-refractivity contribution >= 4 is 0 Å². The first-order chi connectivity index (χ1) is 11.8. The molecule has 1 fully saturated rings. The molecule has 5 nitrogen and oxygen atoms in total. The standard InChI is InChI=1S/C19H27N5/c1-2-22-10-8-17(15-22)19-21-20-18-9-11-23(12-13-24(18)19)14-16-6-4-3-5-7-16/h3-7,17H,2,8-15H2,1H3. The highest BCUT2D eigenvalue weighted by Gasteiger charge is 2.29. The number of likely N-dealkylation sites (N-methyl/N-ethyl adjacent to an activating group) is 1. The van der Waals surface area contributed by atoms with Crippen molar-refractivity contribution < 1.29 is 0 Å². The number of likely N-dealkylation sites (tertiary alicyclic amines) is 1. The Labute approximate surface area is 144 Å². The number of fused-ring (bicyclic) bond motifs is 1. The van der Waals surface area contributed by atoms with Gasteiger partial charge in [-0.15, -0.1) is 10.2 Å². The van der Waals surface area contributed by atoms with Gasteiger partial charge in [-0.25, -0.2) is 0 Å². The molecule has 3 heterocycles. The van der Waals surface area contributed by atoms with Crippen LogP contribution in [0.25, 0.3) is 0 Å². The highest BCUT2D eigenvalue weighted by molar-refractivity contribution is 5.15. The maximum Gasteiger partial charge on any atom is 0.137 e. The summed E-state index contributed by atoms with van der Waals surface area (Å²) in [6.07, 6.45) is 2.23. The van der Waals surface area contributed by atoms with Crippen LogP contribution in [0.4, 0.5) is 0 Å². The van der Waals surface area contributed by atoms with Crippen LogP contribution in [0.1, 0.15) is 36.5 Å². The largest absolute Gasteiger partial charge is 0.313 e. The number of benzene rings is 1. The number of nitrogens with zero attached hydrogens (tertiary/aromatic N) is 5. The van der Waals surface area contributed by atoms with Gasteiger partial charge >= 0.3 is 0 Å². The Morgan fingerprint density at radius 2 is 1.88 bits per heavy atom. The van der Waals surface area contributed by atoms with Crippen LogP contribution in [-0.2, 0) is 19.5 Å². The Bertz CT molecular complexity index is 666. The third-order valence-electron chi connectivity index (χ3n) is 5.48. The van der Waals surface area contributed by atoms with Crippen LogP contribution in [0.3, 0.4) is 0 Å². The Hall–Kier alpha value is -1.72. The summed E-state index contributed by atoms with van der Waals surface area (Å²) in [7, 11) is 0. The number of rotatable bonds is 4. The van der Waals surface area contributed by atoms with Crippen molar-refractivity contribution in [2.45, 2.75) is 38.8 Å². The summed E-state index contributed by atoms with van der Waals surface area (Å²) in [6, 6.07) is 10.8. The van der Waals surface area contributed by atoms with E-state index in [1.807, 2.05) is 0 Å². The second kappa shape index (κ2) is 7.03. The van der Waals surface area contributed by atoms with Crippen LogP contribution in [0.5, 0.6) is 0 Å². The first-order valence-corrected chi connectivity index (χ1v) is 9.24. The number of hydrogen-bond donors (Lipinski definition) is 0. The van der Waals surface area contributed by atoms with Crippen molar-refractivity contribution in [3.63, 3.8) is 0 Å². The molecule has 2 aliphatic heterocycles. The van der Waals surface area contributed by atoms with E-state index in [9.17, 15) is 0 Å². The lowest BCUT2D eigenvalue weighted by Crippen LogP contribution is -2.27. The molecule has 1 aromatic heterocycles. The van der Waals surface area contributed by atoms with Crippen LogP contribution in [0, 0.1) is 0 Å². The zero-order valence-corrected chi connectivity index (χ0v) is 14.6. The van der Waals surface area contributed by atoms with Crippen molar-refractivity contribution in [1.82, 2.24) is 24.6 Å². The van der Waals surface area contributed by atoms with Crippen LogP contribution in [0.2, 0.25) is 0 Å². The first-order valence-electron chi connectivity index (χ1n) is 9.24. The summed E-state index contributed by atoms with van der Waals surface area (Å²) < 4.78 is 2.41.